The lowest BCUT2D eigenvalue weighted by atomic mass is 10.2. The topological polar surface area (TPSA) is 41.0 Å². The second kappa shape index (κ2) is 5.78. The van der Waals surface area contributed by atoms with Crippen LogP contribution in [0, 0.1) is 0 Å². The van der Waals surface area contributed by atoms with Crippen molar-refractivity contribution in [3.05, 3.63) is 11.9 Å². The maximum absolute atomic E-state index is 4.69. The second-order valence-corrected chi connectivity index (χ2v) is 6.15. The molecule has 100 valence electrons. The molecule has 0 amide bonds. The van der Waals surface area contributed by atoms with Crippen LogP contribution in [0.2, 0.25) is 0 Å². The highest BCUT2D eigenvalue weighted by atomic mass is 32.2. The first-order chi connectivity index (χ1) is 8.61. The zero-order valence-corrected chi connectivity index (χ0v) is 12.4. The Labute approximate surface area is 114 Å². The van der Waals surface area contributed by atoms with Crippen LogP contribution < -0.4 is 10.2 Å². The Morgan fingerprint density at radius 1 is 1.44 bits per heavy atom. The first kappa shape index (κ1) is 13.5. The third-order valence-corrected chi connectivity index (χ3v) is 4.46. The van der Waals surface area contributed by atoms with E-state index >= 15 is 0 Å². The van der Waals surface area contributed by atoms with Gasteiger partial charge in [0.25, 0.3) is 0 Å². The summed E-state index contributed by atoms with van der Waals surface area (Å²) in [4.78, 5) is 11.5. The van der Waals surface area contributed by atoms with E-state index in [-0.39, 0.29) is 0 Å². The van der Waals surface area contributed by atoms with Crippen molar-refractivity contribution in [2.75, 3.05) is 35.8 Å². The van der Waals surface area contributed by atoms with Crippen LogP contribution in [0.25, 0.3) is 0 Å². The van der Waals surface area contributed by atoms with E-state index in [1.54, 1.807) is 0 Å². The van der Waals surface area contributed by atoms with E-state index in [0.29, 0.717) is 12.0 Å². The normalized spacial score (nSPS) is 19.3. The molecule has 0 aliphatic carbocycles. The largest absolute Gasteiger partial charge is 0.373 e. The van der Waals surface area contributed by atoms with Crippen molar-refractivity contribution in [2.45, 2.75) is 32.2 Å². The van der Waals surface area contributed by atoms with Gasteiger partial charge in [-0.15, -0.1) is 0 Å². The number of aromatic nitrogens is 2. The molecule has 5 heteroatoms. The smallest absolute Gasteiger partial charge is 0.135 e. The molecule has 1 saturated heterocycles. The van der Waals surface area contributed by atoms with E-state index in [2.05, 4.69) is 36.1 Å². The zero-order chi connectivity index (χ0) is 13.1. The summed E-state index contributed by atoms with van der Waals surface area (Å²) in [5.74, 6) is 5.66. The summed E-state index contributed by atoms with van der Waals surface area (Å²) in [5, 5.41) is 3.13. The van der Waals surface area contributed by atoms with Gasteiger partial charge in [-0.3, -0.25) is 0 Å². The van der Waals surface area contributed by atoms with Crippen LogP contribution in [0.4, 0.5) is 11.6 Å². The van der Waals surface area contributed by atoms with Crippen LogP contribution in [-0.4, -0.2) is 41.6 Å². The highest BCUT2D eigenvalue weighted by molar-refractivity contribution is 7.99. The van der Waals surface area contributed by atoms with Gasteiger partial charge in [-0.2, -0.15) is 11.8 Å². The molecular formula is C13H22N4S. The monoisotopic (exact) mass is 266 g/mol. The first-order valence-electron chi connectivity index (χ1n) is 6.49. The number of hydrogen-bond acceptors (Lipinski definition) is 5. The van der Waals surface area contributed by atoms with Crippen molar-refractivity contribution in [2.24, 2.45) is 0 Å². The fourth-order valence-corrected chi connectivity index (χ4v) is 3.30. The summed E-state index contributed by atoms with van der Waals surface area (Å²) in [5.41, 5.74) is 0. The third-order valence-electron chi connectivity index (χ3n) is 3.32. The van der Waals surface area contributed by atoms with Crippen molar-refractivity contribution < 1.29 is 0 Å². The Bertz CT molecular complexity index is 402. The molecule has 1 aromatic heterocycles. The van der Waals surface area contributed by atoms with Crippen LogP contribution >= 0.6 is 11.8 Å². The molecule has 1 atom stereocenters. The van der Waals surface area contributed by atoms with E-state index < -0.39 is 0 Å². The quantitative estimate of drug-likeness (QED) is 0.907. The summed E-state index contributed by atoms with van der Waals surface area (Å²) in [7, 11) is 4.05. The lowest BCUT2D eigenvalue weighted by Crippen LogP contribution is -2.32. The molecule has 4 nitrogen and oxygen atoms in total. The van der Waals surface area contributed by atoms with Crippen molar-refractivity contribution in [3.8, 4) is 0 Å². The van der Waals surface area contributed by atoms with Gasteiger partial charge in [0.05, 0.1) is 0 Å². The summed E-state index contributed by atoms with van der Waals surface area (Å²) in [6.07, 6.45) is 1.25. The number of nitrogens with one attached hydrogen (secondary N) is 1. The lowest BCUT2D eigenvalue weighted by Gasteiger charge is -2.25. The van der Waals surface area contributed by atoms with Gasteiger partial charge in [-0.05, 0) is 12.2 Å². The average Bonchev–Trinajstić information content (AvgIpc) is 2.91. The molecule has 1 aliphatic rings. The van der Waals surface area contributed by atoms with Crippen molar-refractivity contribution >= 4 is 23.4 Å². The number of anilines is 2. The van der Waals surface area contributed by atoms with Crippen LogP contribution in [0.15, 0.2) is 6.07 Å². The number of hydrogen-bond donors (Lipinski definition) is 1. The van der Waals surface area contributed by atoms with Gasteiger partial charge in [0, 0.05) is 37.9 Å². The molecule has 1 aliphatic heterocycles. The van der Waals surface area contributed by atoms with E-state index in [0.717, 1.165) is 17.5 Å². The van der Waals surface area contributed by atoms with Gasteiger partial charge in [-0.1, -0.05) is 13.8 Å². The summed E-state index contributed by atoms with van der Waals surface area (Å²) in [6.45, 7) is 4.26. The third kappa shape index (κ3) is 2.88. The maximum Gasteiger partial charge on any atom is 0.135 e. The molecule has 0 radical (unpaired) electrons. The Morgan fingerprint density at radius 3 is 2.78 bits per heavy atom. The molecule has 2 heterocycles. The maximum atomic E-state index is 4.69. The molecule has 0 bridgehead atoms. The van der Waals surface area contributed by atoms with Crippen LogP contribution in [-0.2, 0) is 0 Å². The second-order valence-electron chi connectivity index (χ2n) is 5.00. The molecule has 0 saturated carbocycles. The van der Waals surface area contributed by atoms with Crippen LogP contribution in [0.3, 0.4) is 0 Å². The highest BCUT2D eigenvalue weighted by Gasteiger charge is 2.22. The molecule has 18 heavy (non-hydrogen) atoms. The van der Waals surface area contributed by atoms with E-state index in [1.165, 1.54) is 17.9 Å². The standard InChI is InChI=1S/C13H22N4S/c1-9(2)13-15-11(14-3)7-12(16-13)17(4)10-5-6-18-8-10/h7,9-10H,5-6,8H2,1-4H3,(H,14,15,16). The zero-order valence-electron chi connectivity index (χ0n) is 11.6. The minimum atomic E-state index is 0.350. The van der Waals surface area contributed by atoms with Gasteiger partial charge in [0.15, 0.2) is 0 Å². The van der Waals surface area contributed by atoms with Gasteiger partial charge in [0.2, 0.25) is 0 Å². The molecule has 1 unspecified atom stereocenters. The SMILES string of the molecule is CNc1cc(N(C)C2CCSC2)nc(C(C)C)n1. The Morgan fingerprint density at radius 2 is 2.22 bits per heavy atom. The Hall–Kier alpha value is -0.970. The Balaban J connectivity index is 2.27. The number of thioether (sulfide) groups is 1. The number of rotatable bonds is 4. The van der Waals surface area contributed by atoms with Crippen molar-refractivity contribution in [3.63, 3.8) is 0 Å². The summed E-state index contributed by atoms with van der Waals surface area (Å²) < 4.78 is 0. The predicted octanol–water partition coefficient (Wildman–Crippen LogP) is 2.58. The lowest BCUT2D eigenvalue weighted by molar-refractivity contribution is 0.681. The molecule has 0 aromatic carbocycles. The van der Waals surface area contributed by atoms with Crippen molar-refractivity contribution in [1.29, 1.82) is 0 Å². The molecule has 0 spiro atoms. The molecule has 1 N–H and O–H groups in total. The molecule has 1 aromatic rings. The summed E-state index contributed by atoms with van der Waals surface area (Å²) >= 11 is 2.02. The van der Waals surface area contributed by atoms with Gasteiger partial charge in [0.1, 0.15) is 17.5 Å². The first-order valence-corrected chi connectivity index (χ1v) is 7.64. The van der Waals surface area contributed by atoms with Crippen molar-refractivity contribution in [1.82, 2.24) is 9.97 Å². The van der Waals surface area contributed by atoms with Gasteiger partial charge in [-0.25, -0.2) is 9.97 Å². The van der Waals surface area contributed by atoms with E-state index in [9.17, 15) is 0 Å². The average molecular weight is 266 g/mol. The van der Waals surface area contributed by atoms with Crippen LogP contribution in [0.1, 0.15) is 32.0 Å². The summed E-state index contributed by atoms with van der Waals surface area (Å²) in [6, 6.07) is 2.64. The minimum Gasteiger partial charge on any atom is -0.373 e. The highest BCUT2D eigenvalue weighted by Crippen LogP contribution is 2.26. The minimum absolute atomic E-state index is 0.350. The molecule has 2 rings (SSSR count). The Kier molecular flexibility index (Phi) is 4.32. The van der Waals surface area contributed by atoms with Gasteiger partial charge >= 0.3 is 0 Å². The molecular weight excluding hydrogens is 244 g/mol. The van der Waals surface area contributed by atoms with Gasteiger partial charge < -0.3 is 10.2 Å². The fourth-order valence-electron chi connectivity index (χ4n) is 2.03. The number of nitrogens with zero attached hydrogens (tertiary/aromatic N) is 3. The predicted molar refractivity (Wildman–Crippen MR) is 79.8 cm³/mol. The molecule has 1 fully saturated rings. The van der Waals surface area contributed by atoms with Crippen LogP contribution in [0.5, 0.6) is 0 Å². The fraction of sp³-hybridized carbons (Fsp3) is 0.692. The van der Waals surface area contributed by atoms with E-state index in [1.807, 2.05) is 24.9 Å². The van der Waals surface area contributed by atoms with E-state index in [4.69, 9.17) is 4.98 Å².